The fourth-order valence-electron chi connectivity index (χ4n) is 2.27. The average molecular weight is 301 g/mol. The van der Waals surface area contributed by atoms with Crippen molar-refractivity contribution in [1.82, 2.24) is 4.90 Å². The molecule has 1 aromatic rings. The predicted octanol–water partition coefficient (Wildman–Crippen LogP) is 0.948. The number of likely N-dealkylation sites (tertiary alicyclic amines) is 1. The summed E-state index contributed by atoms with van der Waals surface area (Å²) in [6, 6.07) is 4.15. The molecule has 8 heteroatoms. The number of halogens is 2. The summed E-state index contributed by atoms with van der Waals surface area (Å²) in [5, 5.41) is 18.6. The first-order valence-electron chi connectivity index (χ1n) is 6.16. The molecule has 0 saturated carbocycles. The number of nitrogens with zero attached hydrogens (tertiary/aromatic N) is 1. The highest BCUT2D eigenvalue weighted by Gasteiger charge is 2.40. The number of hydrogen-bond acceptors (Lipinski definition) is 4. The summed E-state index contributed by atoms with van der Waals surface area (Å²) in [5.41, 5.74) is -0.168. The summed E-state index contributed by atoms with van der Waals surface area (Å²) in [4.78, 5) is 24.4. The van der Waals surface area contributed by atoms with Gasteiger partial charge in [0.2, 0.25) is 0 Å². The summed E-state index contributed by atoms with van der Waals surface area (Å²) >= 11 is 0. The maximum Gasteiger partial charge on any atom is 0.387 e. The lowest BCUT2D eigenvalue weighted by Crippen LogP contribution is -2.40. The molecule has 1 fully saturated rings. The molecule has 2 rings (SSSR count). The minimum absolute atomic E-state index is 0.0983. The van der Waals surface area contributed by atoms with Crippen molar-refractivity contribution < 1.29 is 33.3 Å². The molecule has 0 aromatic heterocycles. The van der Waals surface area contributed by atoms with E-state index < -0.39 is 30.6 Å². The molecule has 0 unspecified atom stereocenters. The van der Waals surface area contributed by atoms with Crippen LogP contribution in [-0.2, 0) is 4.79 Å². The predicted molar refractivity (Wildman–Crippen MR) is 66.2 cm³/mol. The van der Waals surface area contributed by atoms with E-state index in [1.807, 2.05) is 0 Å². The molecule has 1 saturated heterocycles. The van der Waals surface area contributed by atoms with Crippen LogP contribution in [0.25, 0.3) is 0 Å². The third kappa shape index (κ3) is 3.27. The van der Waals surface area contributed by atoms with Gasteiger partial charge in [0, 0.05) is 13.0 Å². The molecule has 2 N–H and O–H groups in total. The summed E-state index contributed by atoms with van der Waals surface area (Å²) in [5.74, 6) is -2.36. The molecule has 0 bridgehead atoms. The van der Waals surface area contributed by atoms with Gasteiger partial charge in [0.05, 0.1) is 11.7 Å². The summed E-state index contributed by atoms with van der Waals surface area (Å²) in [6.07, 6.45) is -1.06. The Kier molecular flexibility index (Phi) is 4.37. The van der Waals surface area contributed by atoms with E-state index in [2.05, 4.69) is 4.74 Å². The van der Waals surface area contributed by atoms with Crippen molar-refractivity contribution >= 4 is 11.9 Å². The maximum absolute atomic E-state index is 12.3. The molecule has 2 atom stereocenters. The molecule has 114 valence electrons. The van der Waals surface area contributed by atoms with Crippen LogP contribution in [0.1, 0.15) is 16.8 Å². The lowest BCUT2D eigenvalue weighted by Gasteiger charge is -2.22. The zero-order chi connectivity index (χ0) is 15.6. The highest BCUT2D eigenvalue weighted by Crippen LogP contribution is 2.26. The molecular weight excluding hydrogens is 288 g/mol. The standard InChI is InChI=1S/C13H13F2NO5/c14-13(15)21-10-4-2-1-3-8(10)11(18)16-6-7(17)5-9(16)12(19)20/h1-4,7,9,13,17H,5-6H2,(H,19,20)/t7-,9+/m1/s1. The number of carboxylic acids is 1. The Balaban J connectivity index is 2.29. The number of alkyl halides is 2. The van der Waals surface area contributed by atoms with E-state index in [-0.39, 0.29) is 24.3 Å². The number of aliphatic carboxylic acids is 1. The first kappa shape index (κ1) is 15.2. The number of carbonyl (C=O) groups is 2. The van der Waals surface area contributed by atoms with Gasteiger partial charge in [-0.2, -0.15) is 8.78 Å². The van der Waals surface area contributed by atoms with Crippen LogP contribution in [0, 0.1) is 0 Å². The lowest BCUT2D eigenvalue weighted by molar-refractivity contribution is -0.141. The van der Waals surface area contributed by atoms with Gasteiger partial charge in [-0.05, 0) is 12.1 Å². The van der Waals surface area contributed by atoms with E-state index in [4.69, 9.17) is 5.11 Å². The maximum atomic E-state index is 12.3. The van der Waals surface area contributed by atoms with Crippen molar-refractivity contribution in [3.05, 3.63) is 29.8 Å². The zero-order valence-corrected chi connectivity index (χ0v) is 10.8. The van der Waals surface area contributed by atoms with Crippen LogP contribution in [0.2, 0.25) is 0 Å². The van der Waals surface area contributed by atoms with E-state index in [9.17, 15) is 23.5 Å². The van der Waals surface area contributed by atoms with Crippen LogP contribution < -0.4 is 4.74 Å². The van der Waals surface area contributed by atoms with Crippen LogP contribution in [-0.4, -0.2) is 52.3 Å². The summed E-state index contributed by atoms with van der Waals surface area (Å²) in [7, 11) is 0. The quantitative estimate of drug-likeness (QED) is 0.864. The van der Waals surface area contributed by atoms with Crippen molar-refractivity contribution in [2.24, 2.45) is 0 Å². The number of para-hydroxylation sites is 1. The SMILES string of the molecule is O=C(O)[C@@H]1C[C@@H](O)CN1C(=O)c1ccccc1OC(F)F. The molecule has 6 nitrogen and oxygen atoms in total. The van der Waals surface area contributed by atoms with Crippen LogP contribution in [0.15, 0.2) is 24.3 Å². The van der Waals surface area contributed by atoms with Gasteiger partial charge in [0.25, 0.3) is 5.91 Å². The number of aliphatic hydroxyl groups excluding tert-OH is 1. The van der Waals surface area contributed by atoms with Gasteiger partial charge >= 0.3 is 12.6 Å². The largest absolute Gasteiger partial charge is 0.480 e. The number of carboxylic acid groups (broad SMARTS) is 1. The van der Waals surface area contributed by atoms with E-state index in [1.54, 1.807) is 0 Å². The molecule has 0 spiro atoms. The Morgan fingerprint density at radius 2 is 2.00 bits per heavy atom. The first-order valence-corrected chi connectivity index (χ1v) is 6.16. The third-order valence-corrected chi connectivity index (χ3v) is 3.16. The summed E-state index contributed by atoms with van der Waals surface area (Å²) < 4.78 is 28.9. The number of ether oxygens (including phenoxy) is 1. The average Bonchev–Trinajstić information content (AvgIpc) is 2.80. The first-order chi connectivity index (χ1) is 9.90. The monoisotopic (exact) mass is 301 g/mol. The van der Waals surface area contributed by atoms with Gasteiger partial charge in [-0.3, -0.25) is 4.79 Å². The van der Waals surface area contributed by atoms with Crippen molar-refractivity contribution in [2.45, 2.75) is 25.2 Å². The number of hydrogen-bond donors (Lipinski definition) is 2. The zero-order valence-electron chi connectivity index (χ0n) is 10.8. The van der Waals surface area contributed by atoms with E-state index in [1.165, 1.54) is 24.3 Å². The van der Waals surface area contributed by atoms with Gasteiger partial charge < -0.3 is 19.8 Å². The second-order valence-electron chi connectivity index (χ2n) is 4.58. The van der Waals surface area contributed by atoms with Crippen LogP contribution in [0.3, 0.4) is 0 Å². The second-order valence-corrected chi connectivity index (χ2v) is 4.58. The van der Waals surface area contributed by atoms with E-state index >= 15 is 0 Å². The Labute approximate surface area is 118 Å². The van der Waals surface area contributed by atoms with Crippen LogP contribution in [0.4, 0.5) is 8.78 Å². The molecular formula is C13H13F2NO5. The molecule has 1 heterocycles. The normalized spacial score (nSPS) is 21.6. The van der Waals surface area contributed by atoms with E-state index in [0.29, 0.717) is 0 Å². The lowest BCUT2D eigenvalue weighted by atomic mass is 10.1. The fraction of sp³-hybridized carbons (Fsp3) is 0.385. The van der Waals surface area contributed by atoms with Crippen LogP contribution in [0.5, 0.6) is 5.75 Å². The molecule has 1 aliphatic rings. The van der Waals surface area contributed by atoms with E-state index in [0.717, 1.165) is 4.90 Å². The molecule has 0 aliphatic carbocycles. The highest BCUT2D eigenvalue weighted by atomic mass is 19.3. The Morgan fingerprint density at radius 3 is 2.62 bits per heavy atom. The van der Waals surface area contributed by atoms with Crippen molar-refractivity contribution in [1.29, 1.82) is 0 Å². The van der Waals surface area contributed by atoms with Gasteiger partial charge in [-0.25, -0.2) is 4.79 Å². The number of amides is 1. The molecule has 21 heavy (non-hydrogen) atoms. The van der Waals surface area contributed by atoms with Crippen LogP contribution >= 0.6 is 0 Å². The van der Waals surface area contributed by atoms with Gasteiger partial charge in [-0.1, -0.05) is 12.1 Å². The fourth-order valence-corrected chi connectivity index (χ4v) is 2.27. The van der Waals surface area contributed by atoms with Crippen molar-refractivity contribution in [3.63, 3.8) is 0 Å². The summed E-state index contributed by atoms with van der Waals surface area (Å²) in [6.45, 7) is -3.27. The second kappa shape index (κ2) is 6.04. The molecule has 0 radical (unpaired) electrons. The number of rotatable bonds is 4. The number of carbonyl (C=O) groups excluding carboxylic acids is 1. The van der Waals surface area contributed by atoms with Gasteiger partial charge in [0.15, 0.2) is 0 Å². The topological polar surface area (TPSA) is 87.1 Å². The highest BCUT2D eigenvalue weighted by molar-refractivity contribution is 5.99. The minimum atomic E-state index is -3.10. The number of benzene rings is 1. The van der Waals surface area contributed by atoms with Crippen molar-refractivity contribution in [3.8, 4) is 5.75 Å². The van der Waals surface area contributed by atoms with Crippen molar-refractivity contribution in [2.75, 3.05) is 6.54 Å². The number of β-amino-alcohol motifs (C(OH)–C–C–N with tert-alkyl or cyclic N) is 1. The van der Waals surface area contributed by atoms with Gasteiger partial charge in [-0.15, -0.1) is 0 Å². The molecule has 1 aliphatic heterocycles. The molecule has 1 amide bonds. The number of aliphatic hydroxyl groups is 1. The smallest absolute Gasteiger partial charge is 0.387 e. The Hall–Kier alpha value is -2.22. The Morgan fingerprint density at radius 1 is 1.33 bits per heavy atom. The van der Waals surface area contributed by atoms with Gasteiger partial charge in [0.1, 0.15) is 11.8 Å². The molecule has 1 aromatic carbocycles. The third-order valence-electron chi connectivity index (χ3n) is 3.16. The minimum Gasteiger partial charge on any atom is -0.480 e. The Bertz CT molecular complexity index is 551.